The number of aromatic hydroxyl groups is 1. The van der Waals surface area contributed by atoms with Gasteiger partial charge in [-0.2, -0.15) is 26.3 Å². The summed E-state index contributed by atoms with van der Waals surface area (Å²) in [6.07, 6.45) is -11.5. The Balaban J connectivity index is 3.58. The number of phenolic OH excluding ortho intramolecular Hbond substituents is 1. The van der Waals surface area contributed by atoms with Crippen molar-refractivity contribution in [1.82, 2.24) is 0 Å². The van der Waals surface area contributed by atoms with Crippen LogP contribution in [-0.2, 0) is 28.3 Å². The van der Waals surface area contributed by atoms with Crippen molar-refractivity contribution < 1.29 is 41.0 Å². The standard InChI is InChI=1S/C11H8F6O3/c1-20-9(19)4-6-7(10(12,13)14)2-5(18)3-8(6)11(15,16)17/h2-3,18H,4H2,1H3. The van der Waals surface area contributed by atoms with Crippen molar-refractivity contribution in [2.75, 3.05) is 7.11 Å². The third-order valence-corrected chi connectivity index (χ3v) is 2.39. The van der Waals surface area contributed by atoms with Crippen LogP contribution in [0.4, 0.5) is 26.3 Å². The molecule has 0 fully saturated rings. The number of carbonyl (C=O) groups excluding carboxylic acids is 1. The third-order valence-electron chi connectivity index (χ3n) is 2.39. The van der Waals surface area contributed by atoms with Crippen LogP contribution in [0.2, 0.25) is 0 Å². The lowest BCUT2D eigenvalue weighted by molar-refractivity contribution is -0.146. The number of carbonyl (C=O) groups is 1. The monoisotopic (exact) mass is 302 g/mol. The van der Waals surface area contributed by atoms with E-state index in [9.17, 15) is 31.1 Å². The minimum absolute atomic E-state index is 0.132. The zero-order valence-corrected chi connectivity index (χ0v) is 9.89. The van der Waals surface area contributed by atoms with E-state index in [2.05, 4.69) is 4.74 Å². The van der Waals surface area contributed by atoms with Crippen LogP contribution in [0.3, 0.4) is 0 Å². The van der Waals surface area contributed by atoms with E-state index in [1.807, 2.05) is 0 Å². The predicted octanol–water partition coefficient (Wildman–Crippen LogP) is 3.15. The molecular formula is C11H8F6O3. The summed E-state index contributed by atoms with van der Waals surface area (Å²) in [4.78, 5) is 11.0. The maximum atomic E-state index is 12.7. The molecule has 1 rings (SSSR count). The summed E-state index contributed by atoms with van der Waals surface area (Å²) >= 11 is 0. The van der Waals surface area contributed by atoms with Crippen LogP contribution < -0.4 is 0 Å². The van der Waals surface area contributed by atoms with Crippen molar-refractivity contribution in [3.63, 3.8) is 0 Å². The summed E-state index contributed by atoms with van der Waals surface area (Å²) in [5, 5.41) is 9.02. The molecule has 0 saturated heterocycles. The lowest BCUT2D eigenvalue weighted by atomic mass is 9.96. The van der Waals surface area contributed by atoms with Gasteiger partial charge in [0.05, 0.1) is 24.7 Å². The van der Waals surface area contributed by atoms with E-state index in [4.69, 9.17) is 5.11 Å². The van der Waals surface area contributed by atoms with Crippen molar-refractivity contribution in [1.29, 1.82) is 0 Å². The van der Waals surface area contributed by atoms with Gasteiger partial charge in [-0.15, -0.1) is 0 Å². The van der Waals surface area contributed by atoms with Gasteiger partial charge in [-0.1, -0.05) is 0 Å². The fourth-order valence-electron chi connectivity index (χ4n) is 1.57. The van der Waals surface area contributed by atoms with E-state index in [1.165, 1.54) is 0 Å². The highest BCUT2D eigenvalue weighted by atomic mass is 19.4. The summed E-state index contributed by atoms with van der Waals surface area (Å²) in [6, 6.07) is 0.265. The number of hydrogen-bond donors (Lipinski definition) is 1. The number of alkyl halides is 6. The fraction of sp³-hybridized carbons (Fsp3) is 0.364. The van der Waals surface area contributed by atoms with E-state index in [1.54, 1.807) is 0 Å². The molecule has 0 heterocycles. The van der Waals surface area contributed by atoms with Gasteiger partial charge in [0.15, 0.2) is 0 Å². The van der Waals surface area contributed by atoms with E-state index < -0.39 is 47.2 Å². The van der Waals surface area contributed by atoms with E-state index >= 15 is 0 Å². The Kier molecular flexibility index (Phi) is 4.21. The van der Waals surface area contributed by atoms with Gasteiger partial charge in [-0.05, 0) is 17.7 Å². The first-order chi connectivity index (χ1) is 8.96. The maximum Gasteiger partial charge on any atom is 0.416 e. The molecule has 112 valence electrons. The van der Waals surface area contributed by atoms with Gasteiger partial charge in [-0.3, -0.25) is 4.79 Å². The van der Waals surface area contributed by atoms with Crippen LogP contribution in [0.15, 0.2) is 12.1 Å². The fourth-order valence-corrected chi connectivity index (χ4v) is 1.57. The molecule has 0 bridgehead atoms. The van der Waals surface area contributed by atoms with Crippen LogP contribution in [0.25, 0.3) is 0 Å². The second-order valence-corrected chi connectivity index (χ2v) is 3.77. The summed E-state index contributed by atoms with van der Waals surface area (Å²) in [5.41, 5.74) is -4.74. The van der Waals surface area contributed by atoms with Gasteiger partial charge in [0, 0.05) is 0 Å². The first-order valence-electron chi connectivity index (χ1n) is 5.04. The quantitative estimate of drug-likeness (QED) is 0.674. The van der Waals surface area contributed by atoms with Crippen LogP contribution in [0.1, 0.15) is 16.7 Å². The lowest BCUT2D eigenvalue weighted by Crippen LogP contribution is -2.19. The first kappa shape index (κ1) is 16.1. The summed E-state index contributed by atoms with van der Waals surface area (Å²) in [5.74, 6) is -2.45. The van der Waals surface area contributed by atoms with E-state index in [0.717, 1.165) is 7.11 Å². The largest absolute Gasteiger partial charge is 0.508 e. The van der Waals surface area contributed by atoms with Crippen molar-refractivity contribution in [2.24, 2.45) is 0 Å². The summed E-state index contributed by atoms with van der Waals surface area (Å²) in [6.45, 7) is 0. The molecule has 0 atom stereocenters. The zero-order valence-electron chi connectivity index (χ0n) is 9.89. The minimum Gasteiger partial charge on any atom is -0.508 e. The van der Waals surface area contributed by atoms with Gasteiger partial charge >= 0.3 is 18.3 Å². The molecule has 0 spiro atoms. The Morgan fingerprint density at radius 2 is 1.50 bits per heavy atom. The molecule has 1 N–H and O–H groups in total. The highest BCUT2D eigenvalue weighted by Crippen LogP contribution is 2.41. The summed E-state index contributed by atoms with van der Waals surface area (Å²) in [7, 11) is 0.837. The van der Waals surface area contributed by atoms with Crippen molar-refractivity contribution in [3.05, 3.63) is 28.8 Å². The van der Waals surface area contributed by atoms with Crippen LogP contribution in [0, 0.1) is 0 Å². The number of ether oxygens (including phenoxy) is 1. The number of benzene rings is 1. The topological polar surface area (TPSA) is 46.5 Å². The number of rotatable bonds is 2. The van der Waals surface area contributed by atoms with Gasteiger partial charge < -0.3 is 9.84 Å². The number of hydrogen-bond acceptors (Lipinski definition) is 3. The van der Waals surface area contributed by atoms with Crippen molar-refractivity contribution in [2.45, 2.75) is 18.8 Å². The first-order valence-corrected chi connectivity index (χ1v) is 5.04. The molecule has 0 radical (unpaired) electrons. The number of esters is 1. The lowest BCUT2D eigenvalue weighted by Gasteiger charge is -2.18. The Hall–Kier alpha value is -1.93. The normalized spacial score (nSPS) is 12.3. The maximum absolute atomic E-state index is 12.7. The molecule has 3 nitrogen and oxygen atoms in total. The molecule has 0 saturated carbocycles. The highest BCUT2D eigenvalue weighted by Gasteiger charge is 2.41. The average molecular weight is 302 g/mol. The van der Waals surface area contributed by atoms with Crippen molar-refractivity contribution >= 4 is 5.97 Å². The number of phenols is 1. The molecule has 0 aliphatic carbocycles. The molecular weight excluding hydrogens is 294 g/mol. The second kappa shape index (κ2) is 5.22. The van der Waals surface area contributed by atoms with Crippen molar-refractivity contribution in [3.8, 4) is 5.75 Å². The zero-order chi connectivity index (χ0) is 15.7. The molecule has 1 aromatic rings. The Labute approximate surface area is 108 Å². The predicted molar refractivity (Wildman–Crippen MR) is 53.8 cm³/mol. The molecule has 0 aliphatic rings. The molecule has 0 unspecified atom stereocenters. The van der Waals surface area contributed by atoms with Gasteiger partial charge in [0.25, 0.3) is 0 Å². The molecule has 0 aromatic heterocycles. The Morgan fingerprint density at radius 3 is 1.80 bits per heavy atom. The Morgan fingerprint density at radius 1 is 1.10 bits per heavy atom. The second-order valence-electron chi connectivity index (χ2n) is 3.77. The minimum atomic E-state index is -5.15. The molecule has 9 heteroatoms. The molecule has 0 amide bonds. The number of halogens is 6. The van der Waals surface area contributed by atoms with Gasteiger partial charge in [0.1, 0.15) is 5.75 Å². The van der Waals surface area contributed by atoms with E-state index in [-0.39, 0.29) is 12.1 Å². The molecule has 1 aromatic carbocycles. The molecule has 20 heavy (non-hydrogen) atoms. The van der Waals surface area contributed by atoms with Crippen LogP contribution in [-0.4, -0.2) is 18.2 Å². The highest BCUT2D eigenvalue weighted by molar-refractivity contribution is 5.74. The number of methoxy groups -OCH3 is 1. The van der Waals surface area contributed by atoms with E-state index in [0.29, 0.717) is 0 Å². The molecule has 0 aliphatic heterocycles. The third kappa shape index (κ3) is 3.55. The van der Waals surface area contributed by atoms with Gasteiger partial charge in [0.2, 0.25) is 0 Å². The van der Waals surface area contributed by atoms with Gasteiger partial charge in [-0.25, -0.2) is 0 Å². The smallest absolute Gasteiger partial charge is 0.416 e. The SMILES string of the molecule is COC(=O)Cc1c(C(F)(F)F)cc(O)cc1C(F)(F)F. The van der Waals surface area contributed by atoms with Crippen LogP contribution >= 0.6 is 0 Å². The Bertz CT molecular complexity index is 483. The summed E-state index contributed by atoms with van der Waals surface area (Å²) < 4.78 is 80.4. The van der Waals surface area contributed by atoms with Crippen LogP contribution in [0.5, 0.6) is 5.75 Å². The average Bonchev–Trinajstić information content (AvgIpc) is 2.27.